The van der Waals surface area contributed by atoms with Gasteiger partial charge in [-0.1, -0.05) is 48.0 Å². The van der Waals surface area contributed by atoms with Crippen molar-refractivity contribution in [3.8, 4) is 0 Å². The molecule has 0 N–H and O–H groups in total. The second kappa shape index (κ2) is 12.2. The van der Waals surface area contributed by atoms with Crippen LogP contribution in [0.2, 0.25) is 0 Å². The minimum Gasteiger partial charge on any atom is -0.310 e. The van der Waals surface area contributed by atoms with E-state index in [9.17, 15) is 0 Å². The van der Waals surface area contributed by atoms with E-state index < -0.39 is 0 Å². The summed E-state index contributed by atoms with van der Waals surface area (Å²) in [5.41, 5.74) is 12.0. The SMILES string of the molecule is Cc1cccc(N(c2cccc(C)c2)c2ccc3sc4ccc(N(c5cccc(C)c5)c5ccc6sc7ccc(C)cc7c6c5)cc4c3c2)c1. The van der Waals surface area contributed by atoms with E-state index in [0.29, 0.717) is 0 Å². The lowest BCUT2D eigenvalue weighted by molar-refractivity contribution is 1.26. The molecule has 9 rings (SSSR count). The van der Waals surface area contributed by atoms with Crippen molar-refractivity contribution >= 4 is 97.1 Å². The predicted molar refractivity (Wildman–Crippen MR) is 221 cm³/mol. The Balaban J connectivity index is 1.23. The molecule has 0 saturated heterocycles. The van der Waals surface area contributed by atoms with Gasteiger partial charge >= 0.3 is 0 Å². The van der Waals surface area contributed by atoms with Crippen LogP contribution in [0.1, 0.15) is 22.3 Å². The average Bonchev–Trinajstić information content (AvgIpc) is 3.66. The van der Waals surface area contributed by atoms with Gasteiger partial charge in [0.25, 0.3) is 0 Å². The molecule has 2 aromatic heterocycles. The summed E-state index contributed by atoms with van der Waals surface area (Å²) in [4.78, 5) is 4.80. The molecule has 0 fully saturated rings. The fourth-order valence-electron chi connectivity index (χ4n) is 7.25. The van der Waals surface area contributed by atoms with Gasteiger partial charge in [0.05, 0.1) is 0 Å². The molecule has 7 aromatic carbocycles. The Kier molecular flexibility index (Phi) is 7.45. The molecular formula is C46H36N2S2. The van der Waals surface area contributed by atoms with Crippen LogP contribution in [-0.4, -0.2) is 0 Å². The van der Waals surface area contributed by atoms with Gasteiger partial charge in [0.1, 0.15) is 0 Å². The third kappa shape index (κ3) is 5.42. The van der Waals surface area contributed by atoms with Gasteiger partial charge in [-0.05, 0) is 148 Å². The summed E-state index contributed by atoms with van der Waals surface area (Å²) in [5, 5.41) is 5.18. The van der Waals surface area contributed by atoms with Crippen LogP contribution in [0.4, 0.5) is 34.1 Å². The van der Waals surface area contributed by atoms with E-state index in [2.05, 4.69) is 183 Å². The topological polar surface area (TPSA) is 6.48 Å². The number of hydrogen-bond donors (Lipinski definition) is 0. The first kappa shape index (κ1) is 30.6. The van der Waals surface area contributed by atoms with Crippen LogP contribution in [-0.2, 0) is 0 Å². The molecule has 0 saturated carbocycles. The Hall–Kier alpha value is -5.42. The lowest BCUT2D eigenvalue weighted by atomic mass is 10.1. The first-order chi connectivity index (χ1) is 24.4. The summed E-state index contributed by atoms with van der Waals surface area (Å²) in [6.07, 6.45) is 0. The van der Waals surface area contributed by atoms with Crippen LogP contribution >= 0.6 is 22.7 Å². The molecule has 2 heterocycles. The van der Waals surface area contributed by atoms with E-state index in [4.69, 9.17) is 0 Å². The van der Waals surface area contributed by atoms with Gasteiger partial charge in [0.2, 0.25) is 0 Å². The van der Waals surface area contributed by atoms with E-state index in [0.717, 1.165) is 34.1 Å². The largest absolute Gasteiger partial charge is 0.310 e. The second-order valence-electron chi connectivity index (χ2n) is 13.4. The maximum atomic E-state index is 2.42. The van der Waals surface area contributed by atoms with Gasteiger partial charge in [-0.2, -0.15) is 0 Å². The Morgan fingerprint density at radius 2 is 0.600 bits per heavy atom. The lowest BCUT2D eigenvalue weighted by Gasteiger charge is -2.26. The first-order valence-electron chi connectivity index (χ1n) is 17.1. The van der Waals surface area contributed by atoms with Gasteiger partial charge in [-0.25, -0.2) is 0 Å². The average molecular weight is 681 g/mol. The highest BCUT2D eigenvalue weighted by atomic mass is 32.1. The molecule has 0 aliphatic heterocycles. The maximum Gasteiger partial charge on any atom is 0.0468 e. The van der Waals surface area contributed by atoms with Gasteiger partial charge in [0.15, 0.2) is 0 Å². The number of benzene rings is 7. The van der Waals surface area contributed by atoms with Crippen LogP contribution in [0, 0.1) is 27.7 Å². The van der Waals surface area contributed by atoms with Crippen molar-refractivity contribution in [3.05, 3.63) is 168 Å². The molecule has 0 radical (unpaired) electrons. The van der Waals surface area contributed by atoms with Crippen molar-refractivity contribution in [1.82, 2.24) is 0 Å². The smallest absolute Gasteiger partial charge is 0.0468 e. The quantitative estimate of drug-likeness (QED) is 0.172. The van der Waals surface area contributed by atoms with Crippen molar-refractivity contribution in [2.45, 2.75) is 27.7 Å². The minimum atomic E-state index is 1.15. The molecule has 50 heavy (non-hydrogen) atoms. The van der Waals surface area contributed by atoms with E-state index in [1.807, 2.05) is 22.7 Å². The lowest BCUT2D eigenvalue weighted by Crippen LogP contribution is -2.10. The highest BCUT2D eigenvalue weighted by Gasteiger charge is 2.19. The van der Waals surface area contributed by atoms with Crippen molar-refractivity contribution < 1.29 is 0 Å². The predicted octanol–water partition coefficient (Wildman–Crippen LogP) is 14.6. The molecule has 0 aliphatic rings. The monoisotopic (exact) mass is 680 g/mol. The summed E-state index contributed by atoms with van der Waals surface area (Å²) in [5.74, 6) is 0. The number of hydrogen-bond acceptors (Lipinski definition) is 4. The van der Waals surface area contributed by atoms with Crippen LogP contribution in [0.25, 0.3) is 40.3 Å². The molecular weight excluding hydrogens is 645 g/mol. The number of aryl methyl sites for hydroxylation is 4. The highest BCUT2D eigenvalue weighted by Crippen LogP contribution is 2.45. The third-order valence-corrected chi connectivity index (χ3v) is 11.9. The van der Waals surface area contributed by atoms with Crippen molar-refractivity contribution in [3.63, 3.8) is 0 Å². The molecule has 242 valence electrons. The number of anilines is 6. The molecule has 0 bridgehead atoms. The molecule has 0 amide bonds. The summed E-state index contributed by atoms with van der Waals surface area (Å²) in [6, 6.07) is 54.1. The van der Waals surface area contributed by atoms with Crippen LogP contribution in [0.3, 0.4) is 0 Å². The fourth-order valence-corrected chi connectivity index (χ4v) is 9.38. The maximum absolute atomic E-state index is 2.42. The zero-order valence-electron chi connectivity index (χ0n) is 28.6. The van der Waals surface area contributed by atoms with Gasteiger partial charge in [-0.15, -0.1) is 22.7 Å². The minimum absolute atomic E-state index is 1.15. The van der Waals surface area contributed by atoms with Gasteiger partial charge in [-0.3, -0.25) is 0 Å². The second-order valence-corrected chi connectivity index (χ2v) is 15.6. The molecule has 0 atom stereocenters. The zero-order valence-corrected chi connectivity index (χ0v) is 30.2. The summed E-state index contributed by atoms with van der Waals surface area (Å²) < 4.78 is 5.23. The Labute approximate surface area is 301 Å². The molecule has 0 unspecified atom stereocenters. The molecule has 4 heteroatoms. The van der Waals surface area contributed by atoms with Crippen LogP contribution < -0.4 is 9.80 Å². The standard InChI is InChI=1S/C46H36N2S2/c1-29-8-5-11-33(22-29)47(34-12-6-9-30(2)23-34)36-15-20-45-41(27-36)42-28-38(17-21-46(42)50-45)48(35-13-7-10-31(3)24-35)37-16-19-44-40(26-37)39-25-32(4)14-18-43(39)49-44/h5-28H,1-4H3. The third-order valence-electron chi connectivity index (χ3n) is 9.60. The van der Waals surface area contributed by atoms with Crippen LogP contribution in [0.15, 0.2) is 146 Å². The number of nitrogens with zero attached hydrogens (tertiary/aromatic N) is 2. The normalized spacial score (nSPS) is 11.6. The van der Waals surface area contributed by atoms with Crippen LogP contribution in [0.5, 0.6) is 0 Å². The van der Waals surface area contributed by atoms with Crippen molar-refractivity contribution in [1.29, 1.82) is 0 Å². The van der Waals surface area contributed by atoms with E-state index in [1.165, 1.54) is 62.6 Å². The van der Waals surface area contributed by atoms with E-state index in [1.54, 1.807) is 0 Å². The summed E-state index contributed by atoms with van der Waals surface area (Å²) in [6.45, 7) is 8.67. The Bertz CT molecular complexity index is 2690. The van der Waals surface area contributed by atoms with E-state index >= 15 is 0 Å². The summed E-state index contributed by atoms with van der Waals surface area (Å²) in [7, 11) is 0. The van der Waals surface area contributed by atoms with Crippen molar-refractivity contribution in [2.24, 2.45) is 0 Å². The molecule has 0 spiro atoms. The molecule has 0 aliphatic carbocycles. The van der Waals surface area contributed by atoms with E-state index in [-0.39, 0.29) is 0 Å². The number of fused-ring (bicyclic) bond motifs is 6. The highest BCUT2D eigenvalue weighted by molar-refractivity contribution is 7.26. The Morgan fingerprint density at radius 3 is 0.960 bits per heavy atom. The van der Waals surface area contributed by atoms with Gasteiger partial charge < -0.3 is 9.80 Å². The Morgan fingerprint density at radius 1 is 0.300 bits per heavy atom. The molecule has 2 nitrogen and oxygen atoms in total. The van der Waals surface area contributed by atoms with Gasteiger partial charge in [0, 0.05) is 74.5 Å². The summed E-state index contributed by atoms with van der Waals surface area (Å²) >= 11 is 3.73. The fraction of sp³-hybridized carbons (Fsp3) is 0.0870. The number of thiophene rings is 2. The van der Waals surface area contributed by atoms with Crippen molar-refractivity contribution in [2.75, 3.05) is 9.80 Å². The number of rotatable bonds is 6. The molecule has 9 aromatic rings. The zero-order chi connectivity index (χ0) is 33.9. The first-order valence-corrected chi connectivity index (χ1v) is 18.7.